The molecule has 172 valence electrons. The van der Waals surface area contributed by atoms with Gasteiger partial charge in [-0.1, -0.05) is 35.9 Å². The summed E-state index contributed by atoms with van der Waals surface area (Å²) in [5, 5.41) is 0. The molecule has 0 aliphatic carbocycles. The van der Waals surface area contributed by atoms with E-state index < -0.39 is 22.6 Å². The predicted molar refractivity (Wildman–Crippen MR) is 119 cm³/mol. The SMILES string of the molecule is Cc1ccc(S(=O)(=O)N2CCN(C(=O)COC(=O)COc3ccccc3C)CC2)c(C)c1. The number of sulfonamides is 1. The minimum atomic E-state index is -3.63. The Balaban J connectivity index is 1.47. The van der Waals surface area contributed by atoms with Crippen molar-refractivity contribution in [2.24, 2.45) is 0 Å². The molecule has 0 radical (unpaired) electrons. The number of rotatable bonds is 7. The normalized spacial score (nSPS) is 14.8. The minimum Gasteiger partial charge on any atom is -0.482 e. The molecule has 0 unspecified atom stereocenters. The first-order valence-electron chi connectivity index (χ1n) is 10.4. The molecule has 1 heterocycles. The van der Waals surface area contributed by atoms with Crippen molar-refractivity contribution in [3.05, 3.63) is 59.2 Å². The van der Waals surface area contributed by atoms with Gasteiger partial charge in [-0.3, -0.25) is 4.79 Å². The molecular weight excluding hydrogens is 432 g/mol. The molecule has 1 fully saturated rings. The summed E-state index contributed by atoms with van der Waals surface area (Å²) in [5.41, 5.74) is 2.59. The van der Waals surface area contributed by atoms with Crippen LogP contribution in [0.2, 0.25) is 0 Å². The minimum absolute atomic E-state index is 0.186. The van der Waals surface area contributed by atoms with Crippen LogP contribution >= 0.6 is 0 Å². The summed E-state index contributed by atoms with van der Waals surface area (Å²) in [7, 11) is -3.63. The number of carbonyl (C=O) groups is 2. The van der Waals surface area contributed by atoms with Crippen LogP contribution in [0.25, 0.3) is 0 Å². The highest BCUT2D eigenvalue weighted by Crippen LogP contribution is 2.22. The quantitative estimate of drug-likeness (QED) is 0.588. The molecule has 32 heavy (non-hydrogen) atoms. The number of piperazine rings is 1. The van der Waals surface area contributed by atoms with Gasteiger partial charge in [-0.15, -0.1) is 0 Å². The molecule has 0 N–H and O–H groups in total. The van der Waals surface area contributed by atoms with E-state index in [-0.39, 0.29) is 43.6 Å². The Morgan fingerprint density at radius 3 is 2.25 bits per heavy atom. The number of carbonyl (C=O) groups excluding carboxylic acids is 2. The van der Waals surface area contributed by atoms with E-state index in [1.807, 2.05) is 32.0 Å². The molecule has 3 rings (SSSR count). The Bertz CT molecular complexity index is 1090. The number of ether oxygens (including phenoxy) is 2. The highest BCUT2D eigenvalue weighted by molar-refractivity contribution is 7.89. The predicted octanol–water partition coefficient (Wildman–Crippen LogP) is 2.07. The van der Waals surface area contributed by atoms with Gasteiger partial charge in [0.25, 0.3) is 5.91 Å². The molecule has 8 nitrogen and oxygen atoms in total. The second kappa shape index (κ2) is 10.1. The van der Waals surface area contributed by atoms with E-state index in [0.717, 1.165) is 11.1 Å². The third-order valence-corrected chi connectivity index (χ3v) is 7.39. The van der Waals surface area contributed by atoms with Crippen LogP contribution in [0.4, 0.5) is 0 Å². The van der Waals surface area contributed by atoms with Crippen LogP contribution in [0.1, 0.15) is 16.7 Å². The van der Waals surface area contributed by atoms with Gasteiger partial charge >= 0.3 is 5.97 Å². The lowest BCUT2D eigenvalue weighted by Crippen LogP contribution is -2.51. The Hall–Kier alpha value is -2.91. The zero-order valence-corrected chi connectivity index (χ0v) is 19.4. The molecule has 2 aromatic carbocycles. The maximum Gasteiger partial charge on any atom is 0.344 e. The van der Waals surface area contributed by atoms with Crippen LogP contribution in [0.5, 0.6) is 5.75 Å². The van der Waals surface area contributed by atoms with Gasteiger partial charge in [0, 0.05) is 26.2 Å². The number of nitrogens with zero attached hydrogens (tertiary/aromatic N) is 2. The van der Waals surface area contributed by atoms with Crippen molar-refractivity contribution in [3.8, 4) is 5.75 Å². The fraction of sp³-hybridized carbons (Fsp3) is 0.391. The third kappa shape index (κ3) is 5.66. The molecule has 0 atom stereocenters. The molecule has 1 aliphatic rings. The summed E-state index contributed by atoms with van der Waals surface area (Å²) in [6, 6.07) is 12.5. The first kappa shape index (κ1) is 23.7. The van der Waals surface area contributed by atoms with Crippen molar-refractivity contribution < 1.29 is 27.5 Å². The first-order chi connectivity index (χ1) is 15.2. The topological polar surface area (TPSA) is 93.2 Å². The van der Waals surface area contributed by atoms with Gasteiger partial charge in [0.1, 0.15) is 5.75 Å². The van der Waals surface area contributed by atoms with E-state index in [9.17, 15) is 18.0 Å². The van der Waals surface area contributed by atoms with E-state index in [1.54, 1.807) is 31.2 Å². The summed E-state index contributed by atoms with van der Waals surface area (Å²) in [6.45, 7) is 5.70. The molecule has 1 amide bonds. The second-order valence-electron chi connectivity index (χ2n) is 7.77. The van der Waals surface area contributed by atoms with Crippen molar-refractivity contribution in [2.45, 2.75) is 25.7 Å². The molecule has 1 saturated heterocycles. The molecule has 2 aromatic rings. The average Bonchev–Trinajstić information content (AvgIpc) is 2.76. The van der Waals surface area contributed by atoms with Crippen molar-refractivity contribution in [2.75, 3.05) is 39.4 Å². The highest BCUT2D eigenvalue weighted by atomic mass is 32.2. The number of aryl methyl sites for hydroxylation is 3. The van der Waals surface area contributed by atoms with E-state index in [4.69, 9.17) is 9.47 Å². The van der Waals surface area contributed by atoms with Crippen molar-refractivity contribution >= 4 is 21.9 Å². The van der Waals surface area contributed by atoms with Gasteiger partial charge in [-0.2, -0.15) is 4.31 Å². The van der Waals surface area contributed by atoms with Gasteiger partial charge in [0.15, 0.2) is 13.2 Å². The molecule has 9 heteroatoms. The van der Waals surface area contributed by atoms with Crippen LogP contribution in [0, 0.1) is 20.8 Å². The lowest BCUT2D eigenvalue weighted by atomic mass is 10.2. The Morgan fingerprint density at radius 2 is 1.59 bits per heavy atom. The van der Waals surface area contributed by atoms with E-state index in [0.29, 0.717) is 11.3 Å². The largest absolute Gasteiger partial charge is 0.482 e. The summed E-state index contributed by atoms with van der Waals surface area (Å²) < 4.78 is 37.7. The lowest BCUT2D eigenvalue weighted by Gasteiger charge is -2.34. The number of para-hydroxylation sites is 1. The molecule has 0 spiro atoms. The van der Waals surface area contributed by atoms with E-state index >= 15 is 0 Å². The van der Waals surface area contributed by atoms with Crippen LogP contribution < -0.4 is 4.74 Å². The number of esters is 1. The highest BCUT2D eigenvalue weighted by Gasteiger charge is 2.31. The standard InChI is InChI=1S/C23H28N2O6S/c1-17-8-9-21(19(3)14-17)32(28,29)25-12-10-24(11-13-25)22(26)15-31-23(27)16-30-20-7-5-4-6-18(20)2/h4-9,14H,10-13,15-16H2,1-3H3. The van der Waals surface area contributed by atoms with Crippen LogP contribution in [0.15, 0.2) is 47.4 Å². The number of hydrogen-bond donors (Lipinski definition) is 0. The van der Waals surface area contributed by atoms with Gasteiger partial charge < -0.3 is 14.4 Å². The lowest BCUT2D eigenvalue weighted by molar-refractivity contribution is -0.154. The average molecular weight is 461 g/mol. The van der Waals surface area contributed by atoms with E-state index in [1.165, 1.54) is 9.21 Å². The Kier molecular flexibility index (Phi) is 7.52. The van der Waals surface area contributed by atoms with Gasteiger partial charge in [-0.05, 0) is 44.0 Å². The summed E-state index contributed by atoms with van der Waals surface area (Å²) in [6.07, 6.45) is 0. The van der Waals surface area contributed by atoms with Crippen LogP contribution in [-0.2, 0) is 24.3 Å². The maximum absolute atomic E-state index is 13.0. The molecule has 0 aromatic heterocycles. The van der Waals surface area contributed by atoms with Gasteiger partial charge in [0.2, 0.25) is 10.0 Å². The fourth-order valence-corrected chi connectivity index (χ4v) is 5.16. The Morgan fingerprint density at radius 1 is 0.906 bits per heavy atom. The first-order valence-corrected chi connectivity index (χ1v) is 11.8. The summed E-state index contributed by atoms with van der Waals surface area (Å²) >= 11 is 0. The number of amides is 1. The van der Waals surface area contributed by atoms with Gasteiger partial charge in [-0.25, -0.2) is 13.2 Å². The van der Waals surface area contributed by atoms with Crippen molar-refractivity contribution in [3.63, 3.8) is 0 Å². The molecule has 0 saturated carbocycles. The zero-order chi connectivity index (χ0) is 23.3. The molecular formula is C23H28N2O6S. The van der Waals surface area contributed by atoms with E-state index in [2.05, 4.69) is 0 Å². The monoisotopic (exact) mass is 460 g/mol. The second-order valence-corrected chi connectivity index (χ2v) is 9.68. The van der Waals surface area contributed by atoms with Crippen molar-refractivity contribution in [1.82, 2.24) is 9.21 Å². The van der Waals surface area contributed by atoms with Crippen molar-refractivity contribution in [1.29, 1.82) is 0 Å². The van der Waals surface area contributed by atoms with Gasteiger partial charge in [0.05, 0.1) is 4.90 Å². The molecule has 0 bridgehead atoms. The summed E-state index contributed by atoms with van der Waals surface area (Å²) in [4.78, 5) is 26.1. The summed E-state index contributed by atoms with van der Waals surface area (Å²) in [5.74, 6) is -0.424. The fourth-order valence-electron chi connectivity index (χ4n) is 3.54. The number of benzene rings is 2. The number of hydrogen-bond acceptors (Lipinski definition) is 6. The smallest absolute Gasteiger partial charge is 0.344 e. The third-order valence-electron chi connectivity index (χ3n) is 5.34. The maximum atomic E-state index is 13.0. The zero-order valence-electron chi connectivity index (χ0n) is 18.5. The molecule has 1 aliphatic heterocycles. The van der Waals surface area contributed by atoms with Crippen LogP contribution in [-0.4, -0.2) is 68.9 Å². The van der Waals surface area contributed by atoms with Crippen LogP contribution in [0.3, 0.4) is 0 Å². The Labute approximate surface area is 188 Å².